The first-order valence-corrected chi connectivity index (χ1v) is 19.8. The average molecular weight is 693 g/mol. The molecule has 52 heavy (non-hydrogen) atoms. The summed E-state index contributed by atoms with van der Waals surface area (Å²) in [7, 11) is 0. The molecule has 268 valence electrons. The van der Waals surface area contributed by atoms with Crippen molar-refractivity contribution >= 4 is 32.3 Å². The number of nitrogens with zero attached hydrogens (tertiary/aromatic N) is 4. The molecule has 2 aliphatic heterocycles. The van der Waals surface area contributed by atoms with Crippen LogP contribution in [0.5, 0.6) is 11.8 Å². The number of hydrogen-bond donors (Lipinski definition) is 0. The van der Waals surface area contributed by atoms with Gasteiger partial charge in [0.2, 0.25) is 11.8 Å². The lowest BCUT2D eigenvalue weighted by molar-refractivity contribution is 0.0352. The quantitative estimate of drug-likeness (QED) is 0.127. The summed E-state index contributed by atoms with van der Waals surface area (Å²) in [5.74, 6) is 1.13. The van der Waals surface area contributed by atoms with Gasteiger partial charge in [0.1, 0.15) is 12.2 Å². The van der Waals surface area contributed by atoms with Crippen LogP contribution < -0.4 is 9.47 Å². The molecule has 0 amide bonds. The molecule has 6 aromatic rings. The summed E-state index contributed by atoms with van der Waals surface area (Å²) in [6, 6.07) is 39.4. The summed E-state index contributed by atoms with van der Waals surface area (Å²) >= 11 is 0. The first-order chi connectivity index (χ1) is 25.7. The van der Waals surface area contributed by atoms with Gasteiger partial charge in [-0.05, 0) is 98.4 Å². The third-order valence-corrected chi connectivity index (χ3v) is 11.4. The normalized spacial score (nSPS) is 19.9. The zero-order valence-corrected chi connectivity index (χ0v) is 30.8. The third kappa shape index (κ3) is 6.99. The first-order valence-electron chi connectivity index (χ1n) is 19.8. The molecule has 1 aromatic heterocycles. The molecule has 3 heterocycles. The maximum absolute atomic E-state index is 7.23. The van der Waals surface area contributed by atoms with Gasteiger partial charge in [0.05, 0.1) is 22.9 Å². The molecular weight excluding hydrogens is 641 g/mol. The summed E-state index contributed by atoms with van der Waals surface area (Å²) in [4.78, 5) is 5.29. The molecule has 0 N–H and O–H groups in total. The molecule has 2 fully saturated rings. The number of aromatic nitrogens is 2. The second-order valence-electron chi connectivity index (χ2n) is 14.8. The van der Waals surface area contributed by atoms with E-state index < -0.39 is 0 Å². The van der Waals surface area contributed by atoms with Gasteiger partial charge in [-0.2, -0.15) is 0 Å². The molecule has 2 saturated heterocycles. The van der Waals surface area contributed by atoms with Crippen molar-refractivity contribution in [3.63, 3.8) is 0 Å². The van der Waals surface area contributed by atoms with Crippen molar-refractivity contribution in [3.05, 3.63) is 120 Å². The van der Waals surface area contributed by atoms with E-state index in [0.717, 1.165) is 62.6 Å². The second-order valence-corrected chi connectivity index (χ2v) is 14.8. The van der Waals surface area contributed by atoms with Crippen LogP contribution in [0.3, 0.4) is 0 Å². The van der Waals surface area contributed by atoms with Crippen LogP contribution in [0.4, 0.5) is 0 Å². The van der Waals surface area contributed by atoms with Crippen molar-refractivity contribution in [3.8, 4) is 11.8 Å². The molecule has 0 aliphatic carbocycles. The van der Waals surface area contributed by atoms with Gasteiger partial charge in [-0.25, -0.2) is 0 Å². The SMILES string of the molecule is CCCN1CCCC[C@H]1C(Oc1nnc(OC(c2cccc3ccccc23)[C@@H]2CCCCN2CCC)c2ccccc12)c1cccc2ccccc12. The fourth-order valence-corrected chi connectivity index (χ4v) is 9.01. The van der Waals surface area contributed by atoms with Gasteiger partial charge in [0.15, 0.2) is 0 Å². The Morgan fingerprint density at radius 1 is 0.519 bits per heavy atom. The fourth-order valence-electron chi connectivity index (χ4n) is 9.01. The Morgan fingerprint density at radius 3 is 1.37 bits per heavy atom. The Kier molecular flexibility index (Phi) is 10.6. The molecule has 0 saturated carbocycles. The average Bonchev–Trinajstić information content (AvgIpc) is 3.20. The van der Waals surface area contributed by atoms with Gasteiger partial charge in [0.25, 0.3) is 0 Å². The van der Waals surface area contributed by atoms with E-state index in [2.05, 4.69) is 133 Å². The highest BCUT2D eigenvalue weighted by atomic mass is 16.5. The van der Waals surface area contributed by atoms with E-state index in [9.17, 15) is 0 Å². The van der Waals surface area contributed by atoms with Crippen LogP contribution >= 0.6 is 0 Å². The molecular formula is C46H52N4O2. The van der Waals surface area contributed by atoms with Crippen LogP contribution in [-0.2, 0) is 0 Å². The lowest BCUT2D eigenvalue weighted by Crippen LogP contribution is -2.45. The predicted molar refractivity (Wildman–Crippen MR) is 213 cm³/mol. The second kappa shape index (κ2) is 16.0. The largest absolute Gasteiger partial charge is 0.466 e. The zero-order valence-electron chi connectivity index (χ0n) is 30.8. The number of ether oxygens (including phenoxy) is 2. The summed E-state index contributed by atoms with van der Waals surface area (Å²) in [5.41, 5.74) is 2.42. The van der Waals surface area contributed by atoms with Crippen molar-refractivity contribution in [2.24, 2.45) is 0 Å². The molecule has 0 bridgehead atoms. The van der Waals surface area contributed by atoms with Crippen molar-refractivity contribution in [1.82, 2.24) is 20.0 Å². The highest BCUT2D eigenvalue weighted by Gasteiger charge is 2.36. The summed E-state index contributed by atoms with van der Waals surface area (Å²) in [6.45, 7) is 8.84. The van der Waals surface area contributed by atoms with Gasteiger partial charge < -0.3 is 9.47 Å². The Balaban J connectivity index is 1.21. The van der Waals surface area contributed by atoms with Gasteiger partial charge in [-0.1, -0.05) is 124 Å². The summed E-state index contributed by atoms with van der Waals surface area (Å²) < 4.78 is 14.5. The van der Waals surface area contributed by atoms with E-state index in [1.807, 2.05) is 0 Å². The highest BCUT2D eigenvalue weighted by Crippen LogP contribution is 2.41. The molecule has 5 aromatic carbocycles. The maximum Gasteiger partial charge on any atom is 0.242 e. The highest BCUT2D eigenvalue weighted by molar-refractivity contribution is 5.91. The number of benzene rings is 5. The van der Waals surface area contributed by atoms with Crippen LogP contribution in [0.1, 0.15) is 88.5 Å². The Hall–Kier alpha value is -4.52. The number of fused-ring (bicyclic) bond motifs is 3. The minimum Gasteiger partial charge on any atom is -0.466 e. The van der Waals surface area contributed by atoms with Gasteiger partial charge in [-0.15, -0.1) is 10.2 Å². The summed E-state index contributed by atoms with van der Waals surface area (Å²) in [6.07, 6.45) is 8.84. The number of piperidine rings is 2. The minimum absolute atomic E-state index is 0.198. The van der Waals surface area contributed by atoms with Gasteiger partial charge >= 0.3 is 0 Å². The molecule has 0 radical (unpaired) electrons. The molecule has 4 atom stereocenters. The van der Waals surface area contributed by atoms with Crippen LogP contribution in [0.25, 0.3) is 32.3 Å². The number of hydrogen-bond acceptors (Lipinski definition) is 6. The molecule has 0 spiro atoms. The smallest absolute Gasteiger partial charge is 0.242 e. The molecule has 6 heteroatoms. The van der Waals surface area contributed by atoms with Crippen LogP contribution in [0.15, 0.2) is 109 Å². The van der Waals surface area contributed by atoms with E-state index in [0.29, 0.717) is 11.8 Å². The van der Waals surface area contributed by atoms with E-state index >= 15 is 0 Å². The van der Waals surface area contributed by atoms with Crippen molar-refractivity contribution in [2.75, 3.05) is 26.2 Å². The fraction of sp³-hybridized carbons (Fsp3) is 0.391. The van der Waals surface area contributed by atoms with Gasteiger partial charge in [-0.3, -0.25) is 9.80 Å². The van der Waals surface area contributed by atoms with Gasteiger partial charge in [0, 0.05) is 11.1 Å². The summed E-state index contributed by atoms with van der Waals surface area (Å²) in [5, 5.41) is 16.6. The molecule has 2 aliphatic rings. The lowest BCUT2D eigenvalue weighted by Gasteiger charge is -2.41. The third-order valence-electron chi connectivity index (χ3n) is 11.4. The lowest BCUT2D eigenvalue weighted by atomic mass is 9.89. The van der Waals surface area contributed by atoms with Crippen molar-refractivity contribution in [2.45, 2.75) is 89.5 Å². The van der Waals surface area contributed by atoms with Crippen molar-refractivity contribution < 1.29 is 9.47 Å². The predicted octanol–water partition coefficient (Wildman–Crippen LogP) is 10.7. The molecule has 8 rings (SSSR count). The van der Waals surface area contributed by atoms with Crippen LogP contribution in [0, 0.1) is 0 Å². The number of likely N-dealkylation sites (tertiary alicyclic amines) is 2. The van der Waals surface area contributed by atoms with Crippen LogP contribution in [-0.4, -0.2) is 58.3 Å². The number of rotatable bonds is 12. The molecule has 2 unspecified atom stereocenters. The Labute approximate surface area is 308 Å². The topological polar surface area (TPSA) is 50.7 Å². The maximum atomic E-state index is 7.23. The van der Waals surface area contributed by atoms with E-state index in [1.165, 1.54) is 58.4 Å². The zero-order chi connectivity index (χ0) is 35.3. The van der Waals surface area contributed by atoms with E-state index in [1.54, 1.807) is 0 Å². The Bertz CT molecular complexity index is 1950. The van der Waals surface area contributed by atoms with E-state index in [-0.39, 0.29) is 24.3 Å². The molecule has 6 nitrogen and oxygen atoms in total. The van der Waals surface area contributed by atoms with E-state index in [4.69, 9.17) is 19.7 Å². The standard InChI is InChI=1S/C46H52N4O2/c1-3-29-49-31-13-11-27-41(49)43(37-25-15-19-33-17-5-7-21-35(33)37)51-45-39-23-9-10-24-40(39)46(48-47-45)52-44(42-28-12-14-32-50(42)30-4-2)38-26-16-20-34-18-6-8-22-36(34)38/h5-10,15-26,41-44H,3-4,11-14,27-32H2,1-2H3/t41-,42-,43?,44?/m0/s1. The first kappa shape index (κ1) is 34.6. The monoisotopic (exact) mass is 692 g/mol. The van der Waals surface area contributed by atoms with Crippen molar-refractivity contribution in [1.29, 1.82) is 0 Å². The Morgan fingerprint density at radius 2 is 0.923 bits per heavy atom. The van der Waals surface area contributed by atoms with Crippen LogP contribution in [0.2, 0.25) is 0 Å². The minimum atomic E-state index is -0.198.